The summed E-state index contributed by atoms with van der Waals surface area (Å²) in [4.78, 5) is 0. The van der Waals surface area contributed by atoms with Crippen molar-refractivity contribution in [3.63, 3.8) is 0 Å². The van der Waals surface area contributed by atoms with Crippen LogP contribution >= 0.6 is 47.8 Å². The molecule has 0 saturated heterocycles. The van der Waals surface area contributed by atoms with Crippen molar-refractivity contribution in [2.24, 2.45) is 5.41 Å². The van der Waals surface area contributed by atoms with Crippen molar-refractivity contribution in [1.82, 2.24) is 0 Å². The number of benzene rings is 1. The highest BCUT2D eigenvalue weighted by atomic mass is 79.9. The maximum atomic E-state index is 5.87. The van der Waals surface area contributed by atoms with Gasteiger partial charge in [0.15, 0.2) is 0 Å². The van der Waals surface area contributed by atoms with E-state index in [0.29, 0.717) is 5.41 Å². The molecule has 2 rings (SSSR count). The number of halogens is 3. The standard InChI is InChI=1S/C12H13Br3O2/c1-16-10-4-9(15)11(5-8(10)14)17-7-12(6-13)2-3-12/h4-5H,2-3,6-7H2,1H3. The summed E-state index contributed by atoms with van der Waals surface area (Å²) in [6, 6.07) is 3.85. The first kappa shape index (κ1) is 13.7. The Labute approximate surface area is 126 Å². The molecule has 0 unspecified atom stereocenters. The third kappa shape index (κ3) is 3.18. The van der Waals surface area contributed by atoms with E-state index >= 15 is 0 Å². The molecule has 94 valence electrons. The second kappa shape index (κ2) is 5.49. The number of methoxy groups -OCH3 is 1. The third-order valence-corrected chi connectivity index (χ3v) is 5.41. The predicted octanol–water partition coefficient (Wildman–Crippen LogP) is 4.77. The third-order valence-electron chi connectivity index (χ3n) is 2.98. The number of alkyl halides is 1. The van der Waals surface area contributed by atoms with E-state index in [-0.39, 0.29) is 0 Å². The summed E-state index contributed by atoms with van der Waals surface area (Å²) in [6.45, 7) is 0.760. The van der Waals surface area contributed by atoms with E-state index in [2.05, 4.69) is 47.8 Å². The highest BCUT2D eigenvalue weighted by Crippen LogP contribution is 2.48. The number of hydrogen-bond acceptors (Lipinski definition) is 2. The highest BCUT2D eigenvalue weighted by Gasteiger charge is 2.42. The fourth-order valence-corrected chi connectivity index (χ4v) is 3.15. The zero-order chi connectivity index (χ0) is 12.5. The Morgan fingerprint density at radius 2 is 1.76 bits per heavy atom. The van der Waals surface area contributed by atoms with Crippen LogP contribution in [0.1, 0.15) is 12.8 Å². The van der Waals surface area contributed by atoms with Crippen LogP contribution in [-0.4, -0.2) is 19.0 Å². The monoisotopic (exact) mass is 426 g/mol. The van der Waals surface area contributed by atoms with E-state index in [1.54, 1.807) is 7.11 Å². The van der Waals surface area contributed by atoms with E-state index in [0.717, 1.165) is 32.4 Å². The molecule has 1 aliphatic carbocycles. The van der Waals surface area contributed by atoms with Gasteiger partial charge in [-0.05, 0) is 56.8 Å². The summed E-state index contributed by atoms with van der Waals surface area (Å²) in [5, 5.41) is 1.01. The van der Waals surface area contributed by atoms with Crippen molar-refractivity contribution in [1.29, 1.82) is 0 Å². The van der Waals surface area contributed by atoms with Gasteiger partial charge in [0.05, 0.1) is 22.7 Å². The molecule has 1 fully saturated rings. The molecular weight excluding hydrogens is 416 g/mol. The minimum Gasteiger partial charge on any atom is -0.496 e. The molecule has 0 atom stereocenters. The van der Waals surface area contributed by atoms with Gasteiger partial charge in [-0.2, -0.15) is 0 Å². The van der Waals surface area contributed by atoms with Crippen molar-refractivity contribution in [2.75, 3.05) is 19.0 Å². The summed E-state index contributed by atoms with van der Waals surface area (Å²) >= 11 is 10.5. The normalized spacial score (nSPS) is 16.7. The molecule has 0 aromatic heterocycles. The van der Waals surface area contributed by atoms with Crippen molar-refractivity contribution in [3.8, 4) is 11.5 Å². The van der Waals surface area contributed by atoms with E-state index < -0.39 is 0 Å². The Bertz CT molecular complexity index is 416. The number of rotatable bonds is 5. The highest BCUT2D eigenvalue weighted by molar-refractivity contribution is 9.11. The molecule has 0 radical (unpaired) electrons. The second-order valence-corrected chi connectivity index (χ2v) is 6.61. The predicted molar refractivity (Wildman–Crippen MR) is 79.4 cm³/mol. The van der Waals surface area contributed by atoms with Gasteiger partial charge >= 0.3 is 0 Å². The maximum absolute atomic E-state index is 5.87. The summed E-state index contributed by atoms with van der Waals surface area (Å²) in [5.41, 5.74) is 0.353. The van der Waals surface area contributed by atoms with Gasteiger partial charge in [-0.1, -0.05) is 15.9 Å². The molecule has 0 spiro atoms. The average Bonchev–Trinajstić information content (AvgIpc) is 3.10. The lowest BCUT2D eigenvalue weighted by Gasteiger charge is -2.15. The van der Waals surface area contributed by atoms with Crippen LogP contribution in [0.15, 0.2) is 21.1 Å². The zero-order valence-electron chi connectivity index (χ0n) is 9.43. The Morgan fingerprint density at radius 3 is 2.29 bits per heavy atom. The second-order valence-electron chi connectivity index (χ2n) is 4.34. The van der Waals surface area contributed by atoms with Crippen LogP contribution in [0.5, 0.6) is 11.5 Å². The number of ether oxygens (including phenoxy) is 2. The first-order valence-corrected chi connectivity index (χ1v) is 8.03. The van der Waals surface area contributed by atoms with Crippen molar-refractivity contribution >= 4 is 47.8 Å². The SMILES string of the molecule is COc1cc(Br)c(OCC2(CBr)CC2)cc1Br. The lowest BCUT2D eigenvalue weighted by Crippen LogP contribution is -2.14. The van der Waals surface area contributed by atoms with Gasteiger partial charge in [-0.3, -0.25) is 0 Å². The molecule has 2 nitrogen and oxygen atoms in total. The molecule has 1 aromatic rings. The molecule has 0 bridgehead atoms. The van der Waals surface area contributed by atoms with Crippen LogP contribution in [0.2, 0.25) is 0 Å². The van der Waals surface area contributed by atoms with Gasteiger partial charge < -0.3 is 9.47 Å². The lowest BCUT2D eigenvalue weighted by molar-refractivity contribution is 0.249. The molecule has 5 heteroatoms. The minimum atomic E-state index is 0.353. The molecule has 0 heterocycles. The van der Waals surface area contributed by atoms with E-state index in [4.69, 9.17) is 9.47 Å². The van der Waals surface area contributed by atoms with Crippen LogP contribution in [-0.2, 0) is 0 Å². The van der Waals surface area contributed by atoms with E-state index in [1.165, 1.54) is 12.8 Å². The topological polar surface area (TPSA) is 18.5 Å². The fourth-order valence-electron chi connectivity index (χ4n) is 1.50. The zero-order valence-corrected chi connectivity index (χ0v) is 14.2. The lowest BCUT2D eigenvalue weighted by atomic mass is 10.2. The van der Waals surface area contributed by atoms with Gasteiger partial charge in [0.1, 0.15) is 11.5 Å². The summed E-state index contributed by atoms with van der Waals surface area (Å²) in [6.07, 6.45) is 2.49. The van der Waals surface area contributed by atoms with Gasteiger partial charge in [0.25, 0.3) is 0 Å². The van der Waals surface area contributed by atoms with Crippen LogP contribution in [0.25, 0.3) is 0 Å². The Hall–Kier alpha value is 0.260. The smallest absolute Gasteiger partial charge is 0.134 e. The van der Waals surface area contributed by atoms with Gasteiger partial charge in [-0.25, -0.2) is 0 Å². The summed E-state index contributed by atoms with van der Waals surface area (Å²) in [5.74, 6) is 1.65. The molecule has 0 amide bonds. The Kier molecular flexibility index (Phi) is 4.42. The molecule has 1 aromatic carbocycles. The first-order valence-electron chi connectivity index (χ1n) is 5.32. The Balaban J connectivity index is 2.08. The van der Waals surface area contributed by atoms with E-state index in [1.807, 2.05) is 12.1 Å². The van der Waals surface area contributed by atoms with Crippen molar-refractivity contribution in [3.05, 3.63) is 21.1 Å². The summed E-state index contributed by atoms with van der Waals surface area (Å²) < 4.78 is 12.9. The average molecular weight is 429 g/mol. The van der Waals surface area contributed by atoms with Crippen molar-refractivity contribution < 1.29 is 9.47 Å². The van der Waals surface area contributed by atoms with Crippen molar-refractivity contribution in [2.45, 2.75) is 12.8 Å². The van der Waals surface area contributed by atoms with Crippen LogP contribution in [0, 0.1) is 5.41 Å². The van der Waals surface area contributed by atoms with Crippen LogP contribution < -0.4 is 9.47 Å². The molecule has 17 heavy (non-hydrogen) atoms. The Morgan fingerprint density at radius 1 is 1.18 bits per heavy atom. The maximum Gasteiger partial charge on any atom is 0.134 e. The molecular formula is C12H13Br3O2. The largest absolute Gasteiger partial charge is 0.496 e. The van der Waals surface area contributed by atoms with Gasteiger partial charge in [0.2, 0.25) is 0 Å². The number of hydrogen-bond donors (Lipinski definition) is 0. The van der Waals surface area contributed by atoms with Gasteiger partial charge in [-0.15, -0.1) is 0 Å². The fraction of sp³-hybridized carbons (Fsp3) is 0.500. The molecule has 0 aliphatic heterocycles. The summed E-state index contributed by atoms with van der Waals surface area (Å²) in [7, 11) is 1.65. The van der Waals surface area contributed by atoms with Crippen LogP contribution in [0.3, 0.4) is 0 Å². The first-order chi connectivity index (χ1) is 8.10. The van der Waals surface area contributed by atoms with E-state index in [9.17, 15) is 0 Å². The van der Waals surface area contributed by atoms with Gasteiger partial charge in [0, 0.05) is 10.7 Å². The van der Waals surface area contributed by atoms with Crippen LogP contribution in [0.4, 0.5) is 0 Å². The quantitative estimate of drug-likeness (QED) is 0.629. The minimum absolute atomic E-state index is 0.353. The molecule has 1 aliphatic rings. The molecule has 1 saturated carbocycles. The molecule has 0 N–H and O–H groups in total.